The van der Waals surface area contributed by atoms with Crippen molar-refractivity contribution in [1.82, 2.24) is 0 Å². The molecule has 0 unspecified atom stereocenters. The van der Waals surface area contributed by atoms with Gasteiger partial charge in [0.25, 0.3) is 0 Å². The standard InChI is InChI=1S/C25H39FO2/c1-4-5-23(21-11-6-18(2)7-12-21)24(26)15-10-20-8-13-22(14-9-20)25-27-16-19(3)17-28-25/h4-5,15,18-22,25H,1,6-14,16-17H2,2-3H3/b23-5-,24-15+. The van der Waals surface area contributed by atoms with Crippen LogP contribution in [0.3, 0.4) is 0 Å². The van der Waals surface area contributed by atoms with E-state index in [-0.39, 0.29) is 12.1 Å². The van der Waals surface area contributed by atoms with Crippen LogP contribution in [-0.2, 0) is 9.47 Å². The molecule has 2 saturated carbocycles. The van der Waals surface area contributed by atoms with E-state index in [4.69, 9.17) is 9.47 Å². The van der Waals surface area contributed by atoms with E-state index >= 15 is 4.39 Å². The Morgan fingerprint density at radius 1 is 0.929 bits per heavy atom. The predicted molar refractivity (Wildman–Crippen MR) is 114 cm³/mol. The van der Waals surface area contributed by atoms with E-state index in [2.05, 4.69) is 20.4 Å². The molecule has 0 bridgehead atoms. The molecule has 2 nitrogen and oxygen atoms in total. The summed E-state index contributed by atoms with van der Waals surface area (Å²) in [6.45, 7) is 9.91. The minimum absolute atomic E-state index is 0.00508. The first-order valence-electron chi connectivity index (χ1n) is 11.5. The SMILES string of the molecule is C=C/C=C(\C(F)=C/CC1CCC(C2OCC(C)CO2)CC1)C1CCC(C)CC1. The lowest BCUT2D eigenvalue weighted by Crippen LogP contribution is -2.37. The second kappa shape index (κ2) is 10.7. The highest BCUT2D eigenvalue weighted by atomic mass is 19.1. The van der Waals surface area contributed by atoms with Crippen LogP contribution in [0.5, 0.6) is 0 Å². The minimum Gasteiger partial charge on any atom is -0.352 e. The van der Waals surface area contributed by atoms with Gasteiger partial charge in [0.15, 0.2) is 6.29 Å². The maximum absolute atomic E-state index is 15.0. The van der Waals surface area contributed by atoms with Gasteiger partial charge in [-0.2, -0.15) is 0 Å². The lowest BCUT2D eigenvalue weighted by atomic mass is 9.77. The van der Waals surface area contributed by atoms with Crippen LogP contribution in [-0.4, -0.2) is 19.5 Å². The molecule has 158 valence electrons. The molecule has 0 aromatic heterocycles. The number of halogens is 1. The molecule has 0 radical (unpaired) electrons. The van der Waals surface area contributed by atoms with E-state index in [9.17, 15) is 0 Å². The highest BCUT2D eigenvalue weighted by Gasteiger charge is 2.31. The summed E-state index contributed by atoms with van der Waals surface area (Å²) in [7, 11) is 0. The van der Waals surface area contributed by atoms with Crippen LogP contribution in [0.4, 0.5) is 4.39 Å². The molecule has 0 amide bonds. The van der Waals surface area contributed by atoms with Crippen molar-refractivity contribution in [3.63, 3.8) is 0 Å². The number of rotatable bonds is 6. The first kappa shape index (κ1) is 21.8. The topological polar surface area (TPSA) is 18.5 Å². The summed E-state index contributed by atoms with van der Waals surface area (Å²) in [5.41, 5.74) is 0.883. The quantitative estimate of drug-likeness (QED) is 0.455. The maximum Gasteiger partial charge on any atom is 0.160 e. The van der Waals surface area contributed by atoms with Gasteiger partial charge >= 0.3 is 0 Å². The molecule has 0 atom stereocenters. The second-order valence-electron chi connectivity index (χ2n) is 9.52. The molecule has 3 aliphatic rings. The molecule has 1 heterocycles. The van der Waals surface area contributed by atoms with Crippen molar-refractivity contribution >= 4 is 0 Å². The van der Waals surface area contributed by atoms with Crippen molar-refractivity contribution in [3.05, 3.63) is 36.2 Å². The Labute approximate surface area is 171 Å². The Morgan fingerprint density at radius 2 is 1.57 bits per heavy atom. The predicted octanol–water partition coefficient (Wildman–Crippen LogP) is 6.98. The summed E-state index contributed by atoms with van der Waals surface area (Å²) in [5, 5.41) is 0. The van der Waals surface area contributed by atoms with Crippen molar-refractivity contribution in [2.75, 3.05) is 13.2 Å². The third-order valence-corrected chi connectivity index (χ3v) is 7.03. The van der Waals surface area contributed by atoms with Gasteiger partial charge in [-0.3, -0.25) is 0 Å². The normalized spacial score (nSPS) is 38.2. The highest BCUT2D eigenvalue weighted by Crippen LogP contribution is 2.38. The number of ether oxygens (including phenoxy) is 2. The Morgan fingerprint density at radius 3 is 2.18 bits per heavy atom. The van der Waals surface area contributed by atoms with Crippen LogP contribution in [0.1, 0.15) is 71.6 Å². The number of hydrogen-bond donors (Lipinski definition) is 0. The van der Waals surface area contributed by atoms with Crippen LogP contribution in [0.2, 0.25) is 0 Å². The first-order valence-corrected chi connectivity index (χ1v) is 11.5. The summed E-state index contributed by atoms with van der Waals surface area (Å²) < 4.78 is 26.8. The fourth-order valence-electron chi connectivity index (χ4n) is 5.08. The maximum atomic E-state index is 15.0. The Balaban J connectivity index is 1.47. The van der Waals surface area contributed by atoms with Crippen molar-refractivity contribution in [2.24, 2.45) is 29.6 Å². The number of allylic oxidation sites excluding steroid dienone is 5. The van der Waals surface area contributed by atoms with Crippen LogP contribution >= 0.6 is 0 Å². The van der Waals surface area contributed by atoms with Gasteiger partial charge < -0.3 is 9.47 Å². The van der Waals surface area contributed by atoms with E-state index in [1.807, 2.05) is 12.2 Å². The Hall–Kier alpha value is -0.930. The van der Waals surface area contributed by atoms with Gasteiger partial charge in [-0.05, 0) is 74.3 Å². The fourth-order valence-corrected chi connectivity index (χ4v) is 5.08. The zero-order valence-corrected chi connectivity index (χ0v) is 17.9. The van der Waals surface area contributed by atoms with Crippen molar-refractivity contribution < 1.29 is 13.9 Å². The van der Waals surface area contributed by atoms with Crippen molar-refractivity contribution in [3.8, 4) is 0 Å². The number of hydrogen-bond acceptors (Lipinski definition) is 2. The van der Waals surface area contributed by atoms with Gasteiger partial charge in [0.05, 0.1) is 13.2 Å². The van der Waals surface area contributed by atoms with E-state index in [0.29, 0.717) is 23.7 Å². The molecule has 2 aliphatic carbocycles. The average molecular weight is 391 g/mol. The molecule has 0 N–H and O–H groups in total. The van der Waals surface area contributed by atoms with Gasteiger partial charge in [-0.15, -0.1) is 0 Å². The van der Waals surface area contributed by atoms with Crippen molar-refractivity contribution in [1.29, 1.82) is 0 Å². The lowest BCUT2D eigenvalue weighted by molar-refractivity contribution is -0.226. The van der Waals surface area contributed by atoms with E-state index < -0.39 is 0 Å². The summed E-state index contributed by atoms with van der Waals surface area (Å²) in [5.74, 6) is 2.74. The van der Waals surface area contributed by atoms with E-state index in [1.54, 1.807) is 6.08 Å². The smallest absolute Gasteiger partial charge is 0.160 e. The van der Waals surface area contributed by atoms with Gasteiger partial charge in [-0.25, -0.2) is 4.39 Å². The zero-order valence-electron chi connectivity index (χ0n) is 17.9. The Bertz CT molecular complexity index is 543. The molecule has 3 rings (SSSR count). The molecular formula is C25H39FO2. The molecule has 0 aromatic rings. The van der Waals surface area contributed by atoms with Crippen LogP contribution in [0, 0.1) is 29.6 Å². The lowest BCUT2D eigenvalue weighted by Gasteiger charge is -2.36. The van der Waals surface area contributed by atoms with Crippen LogP contribution in [0.25, 0.3) is 0 Å². The highest BCUT2D eigenvalue weighted by molar-refractivity contribution is 5.31. The summed E-state index contributed by atoms with van der Waals surface area (Å²) in [6, 6.07) is 0. The third-order valence-electron chi connectivity index (χ3n) is 7.03. The van der Waals surface area contributed by atoms with Gasteiger partial charge in [-0.1, -0.05) is 45.4 Å². The molecule has 0 aromatic carbocycles. The zero-order chi connectivity index (χ0) is 19.9. The van der Waals surface area contributed by atoms with Gasteiger partial charge in [0.1, 0.15) is 5.83 Å². The third kappa shape index (κ3) is 6.03. The van der Waals surface area contributed by atoms with Gasteiger partial charge in [0, 0.05) is 11.8 Å². The largest absolute Gasteiger partial charge is 0.352 e. The van der Waals surface area contributed by atoms with Crippen LogP contribution < -0.4 is 0 Å². The minimum atomic E-state index is -0.0137. The average Bonchev–Trinajstić information content (AvgIpc) is 2.72. The molecule has 3 fully saturated rings. The van der Waals surface area contributed by atoms with Gasteiger partial charge in [0.2, 0.25) is 0 Å². The first-order chi connectivity index (χ1) is 13.6. The second-order valence-corrected chi connectivity index (χ2v) is 9.52. The molecule has 1 saturated heterocycles. The molecule has 0 spiro atoms. The Kier molecular flexibility index (Phi) is 8.35. The van der Waals surface area contributed by atoms with E-state index in [1.165, 1.54) is 12.8 Å². The fraction of sp³-hybridized carbons (Fsp3) is 0.760. The van der Waals surface area contributed by atoms with Crippen LogP contribution in [0.15, 0.2) is 36.2 Å². The summed E-state index contributed by atoms with van der Waals surface area (Å²) in [6.07, 6.45) is 15.5. The molecule has 3 heteroatoms. The molecular weight excluding hydrogens is 351 g/mol. The molecule has 28 heavy (non-hydrogen) atoms. The van der Waals surface area contributed by atoms with E-state index in [0.717, 1.165) is 69.7 Å². The van der Waals surface area contributed by atoms with Crippen molar-refractivity contribution in [2.45, 2.75) is 77.9 Å². The summed E-state index contributed by atoms with van der Waals surface area (Å²) in [4.78, 5) is 0. The molecule has 1 aliphatic heterocycles. The summed E-state index contributed by atoms with van der Waals surface area (Å²) >= 11 is 0. The monoisotopic (exact) mass is 390 g/mol.